The molecule has 2 aromatic carbocycles. The van der Waals surface area contributed by atoms with Crippen LogP contribution in [0.3, 0.4) is 0 Å². The van der Waals surface area contributed by atoms with Crippen molar-refractivity contribution < 1.29 is 13.2 Å². The molecule has 1 aromatic heterocycles. The maximum Gasteiger partial charge on any atom is 0.301 e. The molecule has 5 heteroatoms. The summed E-state index contributed by atoms with van der Waals surface area (Å²) in [4.78, 5) is 0. The first-order valence-corrected chi connectivity index (χ1v) is 5.65. The molecule has 0 aliphatic rings. The van der Waals surface area contributed by atoms with Gasteiger partial charge >= 0.3 is 5.92 Å². The van der Waals surface area contributed by atoms with Crippen molar-refractivity contribution in [2.75, 3.05) is 0 Å². The van der Waals surface area contributed by atoms with E-state index in [0.29, 0.717) is 5.52 Å². The van der Waals surface area contributed by atoms with Gasteiger partial charge in [0.15, 0.2) is 0 Å². The van der Waals surface area contributed by atoms with Crippen LogP contribution in [0, 0.1) is 5.82 Å². The monoisotopic (exact) mass is 262 g/mol. The summed E-state index contributed by atoms with van der Waals surface area (Å²) in [5.74, 6) is -4.30. The first kappa shape index (κ1) is 11.8. The molecule has 0 spiro atoms. The molecule has 0 amide bonds. The van der Waals surface area contributed by atoms with Crippen LogP contribution >= 0.6 is 0 Å². The van der Waals surface area contributed by atoms with Gasteiger partial charge in [-0.3, -0.25) is 5.10 Å². The Morgan fingerprint density at radius 1 is 1.05 bits per heavy atom. The Morgan fingerprint density at radius 3 is 2.63 bits per heavy atom. The Labute approximate surface area is 106 Å². The van der Waals surface area contributed by atoms with Crippen LogP contribution in [0.2, 0.25) is 0 Å². The molecule has 0 saturated carbocycles. The second kappa shape index (κ2) is 4.12. The van der Waals surface area contributed by atoms with Gasteiger partial charge in [0.2, 0.25) is 0 Å². The highest BCUT2D eigenvalue weighted by molar-refractivity contribution is 5.78. The molecule has 0 atom stereocenters. The number of benzene rings is 2. The van der Waals surface area contributed by atoms with E-state index in [9.17, 15) is 13.2 Å². The maximum absolute atomic E-state index is 14.3. The fourth-order valence-corrected chi connectivity index (χ4v) is 2.00. The van der Waals surface area contributed by atoms with E-state index >= 15 is 0 Å². The minimum absolute atomic E-state index is 0.269. The summed E-state index contributed by atoms with van der Waals surface area (Å²) in [7, 11) is 0. The fraction of sp³-hybridized carbons (Fsp3) is 0.0714. The lowest BCUT2D eigenvalue weighted by Crippen LogP contribution is -2.17. The molecule has 0 unspecified atom stereocenters. The average Bonchev–Trinajstić information content (AvgIpc) is 2.86. The molecule has 0 fully saturated rings. The van der Waals surface area contributed by atoms with Crippen molar-refractivity contribution in [3.8, 4) is 0 Å². The molecule has 0 radical (unpaired) electrons. The summed E-state index contributed by atoms with van der Waals surface area (Å²) in [6.45, 7) is 0. The zero-order chi connectivity index (χ0) is 13.5. The van der Waals surface area contributed by atoms with Crippen molar-refractivity contribution in [3.63, 3.8) is 0 Å². The average molecular weight is 262 g/mol. The lowest BCUT2D eigenvalue weighted by Gasteiger charge is -2.17. The third kappa shape index (κ3) is 1.87. The number of nitrogens with zero attached hydrogens (tertiary/aromatic N) is 1. The Morgan fingerprint density at radius 2 is 1.84 bits per heavy atom. The van der Waals surface area contributed by atoms with Gasteiger partial charge in [0, 0.05) is 10.9 Å². The highest BCUT2D eigenvalue weighted by atomic mass is 19.3. The number of aromatic amines is 1. The molecule has 0 aliphatic carbocycles. The Kier molecular flexibility index (Phi) is 2.55. The first-order chi connectivity index (χ1) is 9.09. The Balaban J connectivity index is 2.15. The SMILES string of the molecule is Fc1ccccc1C(F)(F)c1ccc2cn[nH]c2c1. The van der Waals surface area contributed by atoms with E-state index in [4.69, 9.17) is 0 Å². The summed E-state index contributed by atoms with van der Waals surface area (Å²) >= 11 is 0. The third-order valence-electron chi connectivity index (χ3n) is 3.02. The summed E-state index contributed by atoms with van der Waals surface area (Å²) in [6.07, 6.45) is 1.54. The van der Waals surface area contributed by atoms with Gasteiger partial charge in [0.05, 0.1) is 17.3 Å². The molecule has 0 saturated heterocycles. The standard InChI is InChI=1S/C14H9F3N2/c15-12-4-2-1-3-11(12)14(16,17)10-6-5-9-8-18-19-13(9)7-10/h1-8H,(H,18,19). The summed E-state index contributed by atoms with van der Waals surface area (Å²) < 4.78 is 42.1. The molecule has 96 valence electrons. The molecule has 3 aromatic rings. The minimum Gasteiger partial charge on any atom is -0.278 e. The van der Waals surface area contributed by atoms with Crippen molar-refractivity contribution >= 4 is 10.9 Å². The van der Waals surface area contributed by atoms with Crippen LogP contribution in [-0.4, -0.2) is 10.2 Å². The van der Waals surface area contributed by atoms with E-state index in [0.717, 1.165) is 17.5 Å². The lowest BCUT2D eigenvalue weighted by atomic mass is 9.99. The van der Waals surface area contributed by atoms with E-state index in [1.807, 2.05) is 0 Å². The van der Waals surface area contributed by atoms with Crippen molar-refractivity contribution in [1.82, 2.24) is 10.2 Å². The van der Waals surface area contributed by atoms with Gasteiger partial charge < -0.3 is 0 Å². The number of nitrogens with one attached hydrogen (secondary N) is 1. The van der Waals surface area contributed by atoms with Gasteiger partial charge in [0.1, 0.15) is 5.82 Å². The second-order valence-electron chi connectivity index (χ2n) is 4.23. The number of hydrogen-bond donors (Lipinski definition) is 1. The van der Waals surface area contributed by atoms with Crippen LogP contribution in [0.5, 0.6) is 0 Å². The number of fused-ring (bicyclic) bond motifs is 1. The molecule has 3 rings (SSSR count). The summed E-state index contributed by atoms with van der Waals surface area (Å²) in [5, 5.41) is 7.12. The quantitative estimate of drug-likeness (QED) is 0.746. The van der Waals surface area contributed by atoms with Gasteiger partial charge in [-0.2, -0.15) is 13.9 Å². The largest absolute Gasteiger partial charge is 0.301 e. The highest BCUT2D eigenvalue weighted by Crippen LogP contribution is 2.37. The van der Waals surface area contributed by atoms with Gasteiger partial charge in [-0.05, 0) is 18.2 Å². The first-order valence-electron chi connectivity index (χ1n) is 5.65. The predicted molar refractivity (Wildman–Crippen MR) is 65.5 cm³/mol. The number of halogens is 3. The van der Waals surface area contributed by atoms with Gasteiger partial charge in [0.25, 0.3) is 0 Å². The van der Waals surface area contributed by atoms with Crippen LogP contribution in [0.1, 0.15) is 11.1 Å². The Hall–Kier alpha value is -2.30. The van der Waals surface area contributed by atoms with Gasteiger partial charge in [-0.15, -0.1) is 0 Å². The van der Waals surface area contributed by atoms with Crippen LogP contribution < -0.4 is 0 Å². The number of hydrogen-bond acceptors (Lipinski definition) is 1. The van der Waals surface area contributed by atoms with Crippen molar-refractivity contribution in [1.29, 1.82) is 0 Å². The van der Waals surface area contributed by atoms with E-state index in [2.05, 4.69) is 10.2 Å². The van der Waals surface area contributed by atoms with Gasteiger partial charge in [-0.1, -0.05) is 24.3 Å². The van der Waals surface area contributed by atoms with Crippen molar-refractivity contribution in [3.05, 3.63) is 65.6 Å². The fourth-order valence-electron chi connectivity index (χ4n) is 2.00. The van der Waals surface area contributed by atoms with E-state index in [1.54, 1.807) is 6.20 Å². The van der Waals surface area contributed by atoms with Crippen molar-refractivity contribution in [2.24, 2.45) is 0 Å². The zero-order valence-corrected chi connectivity index (χ0v) is 9.70. The number of alkyl halides is 2. The topological polar surface area (TPSA) is 28.7 Å². The third-order valence-corrected chi connectivity index (χ3v) is 3.02. The maximum atomic E-state index is 14.3. The molecule has 19 heavy (non-hydrogen) atoms. The molecule has 1 heterocycles. The van der Waals surface area contributed by atoms with Crippen LogP contribution in [0.4, 0.5) is 13.2 Å². The second-order valence-corrected chi connectivity index (χ2v) is 4.23. The number of rotatable bonds is 2. The summed E-state index contributed by atoms with van der Waals surface area (Å²) in [6, 6.07) is 8.99. The normalized spacial score (nSPS) is 11.9. The highest BCUT2D eigenvalue weighted by Gasteiger charge is 2.36. The minimum atomic E-state index is -3.38. The smallest absolute Gasteiger partial charge is 0.278 e. The molecule has 1 N–H and O–H groups in total. The van der Waals surface area contributed by atoms with E-state index in [1.165, 1.54) is 30.3 Å². The number of H-pyrrole nitrogens is 1. The van der Waals surface area contributed by atoms with Gasteiger partial charge in [-0.25, -0.2) is 4.39 Å². The van der Waals surface area contributed by atoms with E-state index < -0.39 is 17.3 Å². The molecule has 2 nitrogen and oxygen atoms in total. The lowest BCUT2D eigenvalue weighted by molar-refractivity contribution is 0.0390. The number of aromatic nitrogens is 2. The molecule has 0 bridgehead atoms. The van der Waals surface area contributed by atoms with Crippen LogP contribution in [-0.2, 0) is 5.92 Å². The summed E-state index contributed by atoms with van der Waals surface area (Å²) in [5.41, 5.74) is -0.406. The van der Waals surface area contributed by atoms with Crippen molar-refractivity contribution in [2.45, 2.75) is 5.92 Å². The molecule has 0 aliphatic heterocycles. The Bertz CT molecular complexity index is 734. The van der Waals surface area contributed by atoms with E-state index in [-0.39, 0.29) is 5.56 Å². The zero-order valence-electron chi connectivity index (χ0n) is 9.70. The van der Waals surface area contributed by atoms with Crippen LogP contribution in [0.15, 0.2) is 48.7 Å². The predicted octanol–water partition coefficient (Wildman–Crippen LogP) is 3.84. The van der Waals surface area contributed by atoms with Crippen LogP contribution in [0.25, 0.3) is 10.9 Å². The molecular formula is C14H9F3N2. The molecular weight excluding hydrogens is 253 g/mol.